The SMILES string of the molecule is CSCCC(NS(=O)(=O)c1ccc(C)cc1)C(=O)NCCc1cccs1. The fourth-order valence-electron chi connectivity index (χ4n) is 2.34. The van der Waals surface area contributed by atoms with E-state index < -0.39 is 16.1 Å². The van der Waals surface area contributed by atoms with Crippen molar-refractivity contribution in [3.63, 3.8) is 0 Å². The number of amides is 1. The maximum absolute atomic E-state index is 12.6. The van der Waals surface area contributed by atoms with Crippen molar-refractivity contribution in [2.24, 2.45) is 0 Å². The predicted octanol–water partition coefficient (Wildman–Crippen LogP) is 2.82. The van der Waals surface area contributed by atoms with Gasteiger partial charge < -0.3 is 5.32 Å². The second-order valence-corrected chi connectivity index (χ2v) is 9.62. The van der Waals surface area contributed by atoms with Crippen LogP contribution in [0.1, 0.15) is 16.9 Å². The molecule has 0 saturated carbocycles. The number of benzene rings is 1. The Bertz CT molecular complexity index is 788. The van der Waals surface area contributed by atoms with Gasteiger partial charge in [-0.2, -0.15) is 16.5 Å². The summed E-state index contributed by atoms with van der Waals surface area (Å²) in [5.74, 6) is 0.408. The van der Waals surface area contributed by atoms with E-state index in [9.17, 15) is 13.2 Å². The van der Waals surface area contributed by atoms with Gasteiger partial charge in [-0.3, -0.25) is 4.79 Å². The maximum atomic E-state index is 12.6. The van der Waals surface area contributed by atoms with Crippen LogP contribution in [0.2, 0.25) is 0 Å². The van der Waals surface area contributed by atoms with E-state index in [1.165, 1.54) is 4.88 Å². The van der Waals surface area contributed by atoms with Gasteiger partial charge in [0.05, 0.1) is 4.90 Å². The number of sulfonamides is 1. The maximum Gasteiger partial charge on any atom is 0.241 e. The molecule has 142 valence electrons. The molecule has 0 radical (unpaired) electrons. The molecule has 0 aliphatic heterocycles. The number of rotatable bonds is 10. The lowest BCUT2D eigenvalue weighted by molar-refractivity contribution is -0.122. The first-order chi connectivity index (χ1) is 12.4. The Labute approximate surface area is 163 Å². The zero-order valence-corrected chi connectivity index (χ0v) is 17.3. The molecular formula is C18H24N2O3S3. The van der Waals surface area contributed by atoms with Crippen molar-refractivity contribution in [1.29, 1.82) is 0 Å². The molecule has 0 aliphatic rings. The van der Waals surface area contributed by atoms with Crippen LogP contribution in [0.5, 0.6) is 0 Å². The van der Waals surface area contributed by atoms with Gasteiger partial charge in [-0.05, 0) is 55.4 Å². The number of carbonyl (C=O) groups excluding carboxylic acids is 1. The van der Waals surface area contributed by atoms with Gasteiger partial charge in [0, 0.05) is 11.4 Å². The van der Waals surface area contributed by atoms with Crippen LogP contribution in [0.25, 0.3) is 0 Å². The van der Waals surface area contributed by atoms with Crippen LogP contribution in [-0.4, -0.2) is 38.9 Å². The molecule has 1 aromatic carbocycles. The van der Waals surface area contributed by atoms with Gasteiger partial charge in [0.1, 0.15) is 6.04 Å². The highest BCUT2D eigenvalue weighted by Crippen LogP contribution is 2.12. The standard InChI is InChI=1S/C18H24N2O3S3/c1-14-5-7-16(8-6-14)26(22,23)20-17(10-13-24-2)18(21)19-11-9-15-4-3-12-25-15/h3-8,12,17,20H,9-11,13H2,1-2H3,(H,19,21). The van der Waals surface area contributed by atoms with E-state index in [0.717, 1.165) is 12.0 Å². The van der Waals surface area contributed by atoms with E-state index >= 15 is 0 Å². The summed E-state index contributed by atoms with van der Waals surface area (Å²) in [4.78, 5) is 13.9. The molecule has 1 unspecified atom stereocenters. The van der Waals surface area contributed by atoms with Crippen molar-refractivity contribution < 1.29 is 13.2 Å². The summed E-state index contributed by atoms with van der Waals surface area (Å²) in [5.41, 5.74) is 0.981. The summed E-state index contributed by atoms with van der Waals surface area (Å²) >= 11 is 3.22. The zero-order chi connectivity index (χ0) is 19.0. The van der Waals surface area contributed by atoms with E-state index in [-0.39, 0.29) is 10.8 Å². The molecule has 8 heteroatoms. The Morgan fingerprint density at radius 2 is 1.96 bits per heavy atom. The summed E-state index contributed by atoms with van der Waals surface area (Å²) < 4.78 is 27.7. The second kappa shape index (κ2) is 10.1. The number of thiophene rings is 1. The van der Waals surface area contributed by atoms with Crippen LogP contribution < -0.4 is 10.0 Å². The first-order valence-corrected chi connectivity index (χ1v) is 12.1. The fraction of sp³-hybridized carbons (Fsp3) is 0.389. The van der Waals surface area contributed by atoms with Crippen LogP contribution in [0.3, 0.4) is 0 Å². The third-order valence-corrected chi connectivity index (χ3v) is 6.87. The van der Waals surface area contributed by atoms with E-state index in [0.29, 0.717) is 18.7 Å². The van der Waals surface area contributed by atoms with Gasteiger partial charge in [-0.15, -0.1) is 11.3 Å². The number of carbonyl (C=O) groups is 1. The summed E-state index contributed by atoms with van der Waals surface area (Å²) in [6.07, 6.45) is 3.11. The van der Waals surface area contributed by atoms with Crippen LogP contribution in [0, 0.1) is 6.92 Å². The van der Waals surface area contributed by atoms with E-state index in [4.69, 9.17) is 0 Å². The van der Waals surface area contributed by atoms with Crippen molar-refractivity contribution in [2.75, 3.05) is 18.6 Å². The minimum atomic E-state index is -3.74. The van der Waals surface area contributed by atoms with Gasteiger partial charge in [0.2, 0.25) is 15.9 Å². The Morgan fingerprint density at radius 3 is 2.58 bits per heavy atom. The molecule has 1 heterocycles. The average molecular weight is 413 g/mol. The molecule has 2 aromatic rings. The molecule has 1 atom stereocenters. The molecule has 0 spiro atoms. The summed E-state index contributed by atoms with van der Waals surface area (Å²) in [6, 6.07) is 9.80. The lowest BCUT2D eigenvalue weighted by Gasteiger charge is -2.18. The first kappa shape index (κ1) is 21.0. The monoisotopic (exact) mass is 412 g/mol. The number of hydrogen-bond donors (Lipinski definition) is 2. The highest BCUT2D eigenvalue weighted by Gasteiger charge is 2.25. The highest BCUT2D eigenvalue weighted by atomic mass is 32.2. The molecule has 1 amide bonds. The number of thioether (sulfide) groups is 1. The summed E-state index contributed by atoms with van der Waals surface area (Å²) in [5, 5.41) is 4.84. The Hall–Kier alpha value is -1.35. The van der Waals surface area contributed by atoms with Crippen LogP contribution >= 0.6 is 23.1 Å². The minimum absolute atomic E-state index is 0.170. The van der Waals surface area contributed by atoms with Crippen LogP contribution in [0.15, 0.2) is 46.7 Å². The van der Waals surface area contributed by atoms with Gasteiger partial charge in [0.15, 0.2) is 0 Å². The van der Waals surface area contributed by atoms with Crippen molar-refractivity contribution in [3.05, 3.63) is 52.2 Å². The summed E-state index contributed by atoms with van der Waals surface area (Å²) in [7, 11) is -3.74. The lowest BCUT2D eigenvalue weighted by atomic mass is 10.2. The number of aryl methyl sites for hydroxylation is 1. The topological polar surface area (TPSA) is 75.3 Å². The number of hydrogen-bond acceptors (Lipinski definition) is 5. The van der Waals surface area contributed by atoms with Crippen LogP contribution in [-0.2, 0) is 21.2 Å². The summed E-state index contributed by atoms with van der Waals surface area (Å²) in [6.45, 7) is 2.38. The Kier molecular flexibility index (Phi) is 8.15. The molecule has 5 nitrogen and oxygen atoms in total. The van der Waals surface area contributed by atoms with E-state index in [2.05, 4.69) is 10.0 Å². The predicted molar refractivity (Wildman–Crippen MR) is 109 cm³/mol. The van der Waals surface area contributed by atoms with Crippen molar-refractivity contribution in [1.82, 2.24) is 10.0 Å². The normalized spacial score (nSPS) is 12.7. The molecule has 0 bridgehead atoms. The molecule has 2 N–H and O–H groups in total. The van der Waals surface area contributed by atoms with Gasteiger partial charge in [-0.1, -0.05) is 23.8 Å². The van der Waals surface area contributed by atoms with Gasteiger partial charge >= 0.3 is 0 Å². The van der Waals surface area contributed by atoms with Gasteiger partial charge in [-0.25, -0.2) is 8.42 Å². The molecular weight excluding hydrogens is 388 g/mol. The molecule has 2 rings (SSSR count). The first-order valence-electron chi connectivity index (χ1n) is 8.30. The smallest absolute Gasteiger partial charge is 0.241 e. The van der Waals surface area contributed by atoms with E-state index in [1.807, 2.05) is 30.7 Å². The molecule has 26 heavy (non-hydrogen) atoms. The van der Waals surface area contributed by atoms with Crippen molar-refractivity contribution in [2.45, 2.75) is 30.7 Å². The van der Waals surface area contributed by atoms with Crippen molar-refractivity contribution >= 4 is 39.0 Å². The zero-order valence-electron chi connectivity index (χ0n) is 14.9. The van der Waals surface area contributed by atoms with Crippen LogP contribution in [0.4, 0.5) is 0 Å². The Balaban J connectivity index is 2.00. The average Bonchev–Trinajstić information content (AvgIpc) is 3.12. The fourth-order valence-corrected chi connectivity index (χ4v) is 4.75. The minimum Gasteiger partial charge on any atom is -0.354 e. The Morgan fingerprint density at radius 1 is 1.23 bits per heavy atom. The molecule has 0 fully saturated rings. The molecule has 0 saturated heterocycles. The third kappa shape index (κ3) is 6.42. The largest absolute Gasteiger partial charge is 0.354 e. The number of nitrogens with one attached hydrogen (secondary N) is 2. The second-order valence-electron chi connectivity index (χ2n) is 5.89. The quantitative estimate of drug-likeness (QED) is 0.629. The highest BCUT2D eigenvalue weighted by molar-refractivity contribution is 7.98. The van der Waals surface area contributed by atoms with Crippen molar-refractivity contribution in [3.8, 4) is 0 Å². The van der Waals surface area contributed by atoms with Gasteiger partial charge in [0.25, 0.3) is 0 Å². The molecule has 0 aliphatic carbocycles. The molecule has 1 aromatic heterocycles. The lowest BCUT2D eigenvalue weighted by Crippen LogP contribution is -2.47. The third-order valence-electron chi connectivity index (χ3n) is 3.81. The van der Waals surface area contributed by atoms with E-state index in [1.54, 1.807) is 47.4 Å².